The molecule has 0 radical (unpaired) electrons. The molecule has 1 atom stereocenters. The summed E-state index contributed by atoms with van der Waals surface area (Å²) in [6, 6.07) is 1.86. The van der Waals surface area contributed by atoms with Crippen LogP contribution in [0.3, 0.4) is 0 Å². The van der Waals surface area contributed by atoms with Crippen LogP contribution >= 0.6 is 0 Å². The molecule has 1 aliphatic heterocycles. The van der Waals surface area contributed by atoms with E-state index in [1.807, 2.05) is 0 Å². The van der Waals surface area contributed by atoms with Gasteiger partial charge in [-0.2, -0.15) is 0 Å². The van der Waals surface area contributed by atoms with Gasteiger partial charge in [-0.05, 0) is 55.5 Å². The zero-order valence-electron chi connectivity index (χ0n) is 12.6. The van der Waals surface area contributed by atoms with Crippen LogP contribution in [0.2, 0.25) is 0 Å². The maximum absolute atomic E-state index is 13.4. The molecule has 1 fully saturated rings. The first-order valence-corrected chi connectivity index (χ1v) is 7.52. The number of likely N-dealkylation sites (tertiary alicyclic amines) is 1. The lowest BCUT2D eigenvalue weighted by Crippen LogP contribution is -2.40. The van der Waals surface area contributed by atoms with E-state index in [-0.39, 0.29) is 12.6 Å². The Kier molecular flexibility index (Phi) is 5.27. The first-order chi connectivity index (χ1) is 9.93. The van der Waals surface area contributed by atoms with Gasteiger partial charge >= 0.3 is 0 Å². The third-order valence-electron chi connectivity index (χ3n) is 4.57. The third-order valence-corrected chi connectivity index (χ3v) is 4.57. The molecule has 21 heavy (non-hydrogen) atoms. The smallest absolute Gasteiger partial charge is 0.194 e. The number of piperidine rings is 1. The maximum atomic E-state index is 13.4. The largest absolute Gasteiger partial charge is 0.329 e. The van der Waals surface area contributed by atoms with Gasteiger partial charge in [0.2, 0.25) is 0 Å². The van der Waals surface area contributed by atoms with E-state index in [1.165, 1.54) is 0 Å². The fourth-order valence-corrected chi connectivity index (χ4v) is 3.16. The Labute approximate surface area is 124 Å². The lowest BCUT2D eigenvalue weighted by atomic mass is 9.86. The molecule has 1 saturated heterocycles. The zero-order chi connectivity index (χ0) is 15.6. The molecule has 5 heteroatoms. The predicted molar refractivity (Wildman–Crippen MR) is 77.2 cm³/mol. The average molecular weight is 300 g/mol. The topological polar surface area (TPSA) is 29.3 Å². The van der Waals surface area contributed by atoms with Crippen molar-refractivity contribution in [1.29, 1.82) is 0 Å². The summed E-state index contributed by atoms with van der Waals surface area (Å²) < 4.78 is 39.9. The summed E-state index contributed by atoms with van der Waals surface area (Å²) >= 11 is 0. The zero-order valence-corrected chi connectivity index (χ0v) is 12.6. The molecule has 2 nitrogen and oxygen atoms in total. The van der Waals surface area contributed by atoms with E-state index in [1.54, 1.807) is 0 Å². The summed E-state index contributed by atoms with van der Waals surface area (Å²) in [5.41, 5.74) is 6.20. The summed E-state index contributed by atoms with van der Waals surface area (Å²) in [5.74, 6) is -2.40. The molecule has 1 aromatic rings. The minimum absolute atomic E-state index is 0.261. The molecular weight excluding hydrogens is 277 g/mol. The van der Waals surface area contributed by atoms with Crippen LogP contribution in [0.25, 0.3) is 0 Å². The van der Waals surface area contributed by atoms with Gasteiger partial charge in [0, 0.05) is 12.6 Å². The van der Waals surface area contributed by atoms with Gasteiger partial charge in [0.25, 0.3) is 0 Å². The molecular formula is C16H23F3N2. The lowest BCUT2D eigenvalue weighted by Gasteiger charge is -2.38. The van der Waals surface area contributed by atoms with Crippen molar-refractivity contribution in [3.05, 3.63) is 35.1 Å². The molecule has 1 aromatic carbocycles. The number of hydrogen-bond donors (Lipinski definition) is 1. The number of halogens is 3. The predicted octanol–water partition coefficient (Wildman–Crippen LogP) is 3.47. The summed E-state index contributed by atoms with van der Waals surface area (Å²) in [6.07, 6.45) is 2.11. The van der Waals surface area contributed by atoms with Crippen molar-refractivity contribution in [2.24, 2.45) is 17.6 Å². The van der Waals surface area contributed by atoms with E-state index in [0.29, 0.717) is 17.4 Å². The van der Waals surface area contributed by atoms with Gasteiger partial charge in [-0.25, -0.2) is 13.2 Å². The minimum Gasteiger partial charge on any atom is -0.329 e. The SMILES string of the molecule is CC(C)C1CCN(C(CN)c2cc(F)c(F)c(F)c2)CC1. The van der Waals surface area contributed by atoms with Crippen LogP contribution in [0.4, 0.5) is 13.2 Å². The molecule has 118 valence electrons. The van der Waals surface area contributed by atoms with Crippen LogP contribution in [0.15, 0.2) is 12.1 Å². The highest BCUT2D eigenvalue weighted by Gasteiger charge is 2.27. The molecule has 1 aliphatic rings. The Balaban J connectivity index is 2.14. The first-order valence-electron chi connectivity index (χ1n) is 7.52. The molecule has 0 aliphatic carbocycles. The van der Waals surface area contributed by atoms with Gasteiger partial charge in [-0.1, -0.05) is 13.8 Å². The van der Waals surface area contributed by atoms with Crippen LogP contribution in [0, 0.1) is 29.3 Å². The van der Waals surface area contributed by atoms with Gasteiger partial charge in [0.05, 0.1) is 0 Å². The number of rotatable bonds is 4. The van der Waals surface area contributed by atoms with Crippen molar-refractivity contribution < 1.29 is 13.2 Å². The Morgan fingerprint density at radius 1 is 1.14 bits per heavy atom. The van der Waals surface area contributed by atoms with Crippen LogP contribution in [-0.2, 0) is 0 Å². The van der Waals surface area contributed by atoms with Crippen LogP contribution in [0.5, 0.6) is 0 Å². The number of nitrogens with zero attached hydrogens (tertiary/aromatic N) is 1. The highest BCUT2D eigenvalue weighted by molar-refractivity contribution is 5.23. The first kappa shape index (κ1) is 16.3. The van der Waals surface area contributed by atoms with Gasteiger partial charge in [0.1, 0.15) is 0 Å². The van der Waals surface area contributed by atoms with Crippen molar-refractivity contribution in [1.82, 2.24) is 4.90 Å². The molecule has 0 amide bonds. The van der Waals surface area contributed by atoms with Crippen molar-refractivity contribution in [3.8, 4) is 0 Å². The van der Waals surface area contributed by atoms with E-state index in [0.717, 1.165) is 38.1 Å². The minimum atomic E-state index is -1.42. The standard InChI is InChI=1S/C16H23F3N2/c1-10(2)11-3-5-21(6-4-11)15(9-20)12-7-13(17)16(19)14(18)8-12/h7-8,10-11,15H,3-6,9,20H2,1-2H3. The van der Waals surface area contributed by atoms with Gasteiger partial charge < -0.3 is 5.73 Å². The van der Waals surface area contributed by atoms with E-state index < -0.39 is 17.5 Å². The molecule has 0 aromatic heterocycles. The quantitative estimate of drug-likeness (QED) is 0.863. The van der Waals surface area contributed by atoms with Crippen molar-refractivity contribution >= 4 is 0 Å². The highest BCUT2D eigenvalue weighted by atomic mass is 19.2. The Hall–Kier alpha value is -1.07. The van der Waals surface area contributed by atoms with Gasteiger partial charge in [0.15, 0.2) is 17.5 Å². The van der Waals surface area contributed by atoms with Crippen molar-refractivity contribution in [2.45, 2.75) is 32.7 Å². The Morgan fingerprint density at radius 2 is 1.67 bits per heavy atom. The molecule has 0 saturated carbocycles. The van der Waals surface area contributed by atoms with Crippen molar-refractivity contribution in [2.75, 3.05) is 19.6 Å². The second-order valence-corrected chi connectivity index (χ2v) is 6.17. The van der Waals surface area contributed by atoms with E-state index in [2.05, 4.69) is 18.7 Å². The van der Waals surface area contributed by atoms with Crippen LogP contribution < -0.4 is 5.73 Å². The fourth-order valence-electron chi connectivity index (χ4n) is 3.16. The molecule has 2 rings (SSSR count). The highest BCUT2D eigenvalue weighted by Crippen LogP contribution is 2.30. The van der Waals surface area contributed by atoms with E-state index in [9.17, 15) is 13.2 Å². The third kappa shape index (κ3) is 3.58. The average Bonchev–Trinajstić information content (AvgIpc) is 2.46. The monoisotopic (exact) mass is 300 g/mol. The lowest BCUT2D eigenvalue weighted by molar-refractivity contribution is 0.117. The van der Waals surface area contributed by atoms with Crippen molar-refractivity contribution in [3.63, 3.8) is 0 Å². The molecule has 1 heterocycles. The Morgan fingerprint density at radius 3 is 2.10 bits per heavy atom. The molecule has 2 N–H and O–H groups in total. The van der Waals surface area contributed by atoms with E-state index in [4.69, 9.17) is 5.73 Å². The molecule has 1 unspecified atom stereocenters. The normalized spacial score (nSPS) is 19.2. The second-order valence-electron chi connectivity index (χ2n) is 6.17. The number of hydrogen-bond acceptors (Lipinski definition) is 2. The Bertz CT molecular complexity index is 459. The van der Waals surface area contributed by atoms with Gasteiger partial charge in [-0.15, -0.1) is 0 Å². The fraction of sp³-hybridized carbons (Fsp3) is 0.625. The summed E-state index contributed by atoms with van der Waals surface area (Å²) in [5, 5.41) is 0. The summed E-state index contributed by atoms with van der Waals surface area (Å²) in [7, 11) is 0. The maximum Gasteiger partial charge on any atom is 0.194 e. The molecule has 0 bridgehead atoms. The number of benzene rings is 1. The van der Waals surface area contributed by atoms with E-state index >= 15 is 0 Å². The molecule has 0 spiro atoms. The van der Waals surface area contributed by atoms with Crippen LogP contribution in [-0.4, -0.2) is 24.5 Å². The number of nitrogens with two attached hydrogens (primary N) is 1. The second kappa shape index (κ2) is 6.79. The van der Waals surface area contributed by atoms with Crippen LogP contribution in [0.1, 0.15) is 38.3 Å². The van der Waals surface area contributed by atoms with Gasteiger partial charge in [-0.3, -0.25) is 4.90 Å². The summed E-state index contributed by atoms with van der Waals surface area (Å²) in [4.78, 5) is 2.14. The summed E-state index contributed by atoms with van der Waals surface area (Å²) in [6.45, 7) is 6.39.